The number of aromatic nitrogens is 1. The van der Waals surface area contributed by atoms with Crippen LogP contribution in [0.3, 0.4) is 0 Å². The zero-order chi connectivity index (χ0) is 11.0. The second-order valence-electron chi connectivity index (χ2n) is 3.76. The van der Waals surface area contributed by atoms with Crippen LogP contribution in [-0.2, 0) is 0 Å². The lowest BCUT2D eigenvalue weighted by atomic mass is 10.2. The zero-order valence-electron chi connectivity index (χ0n) is 8.47. The Kier molecular flexibility index (Phi) is 2.22. The Hall–Kier alpha value is -1.78. The average molecular weight is 207 g/mol. The third-order valence-corrected chi connectivity index (χ3v) is 2.54. The van der Waals surface area contributed by atoms with Gasteiger partial charge in [-0.2, -0.15) is 0 Å². The SMILES string of the molecule is CN(C(=O)O)c1ccc(N)nc1C1CC1. The number of hydrogen-bond acceptors (Lipinski definition) is 3. The highest BCUT2D eigenvalue weighted by molar-refractivity contribution is 5.86. The van der Waals surface area contributed by atoms with Crippen molar-refractivity contribution in [3.63, 3.8) is 0 Å². The zero-order valence-corrected chi connectivity index (χ0v) is 8.47. The van der Waals surface area contributed by atoms with Crippen LogP contribution in [-0.4, -0.2) is 23.2 Å². The van der Waals surface area contributed by atoms with Crippen LogP contribution in [0.1, 0.15) is 24.5 Å². The van der Waals surface area contributed by atoms with Crippen molar-refractivity contribution in [1.82, 2.24) is 4.98 Å². The molecule has 0 aliphatic heterocycles. The molecule has 3 N–H and O–H groups in total. The third-order valence-electron chi connectivity index (χ3n) is 2.54. The molecule has 1 aliphatic rings. The number of anilines is 2. The van der Waals surface area contributed by atoms with Crippen LogP contribution in [0, 0.1) is 0 Å². The molecule has 1 saturated carbocycles. The van der Waals surface area contributed by atoms with Crippen LogP contribution in [0.15, 0.2) is 12.1 Å². The molecule has 1 heterocycles. The van der Waals surface area contributed by atoms with E-state index in [1.807, 2.05) is 0 Å². The lowest BCUT2D eigenvalue weighted by Gasteiger charge is -2.16. The molecular formula is C10H13N3O2. The highest BCUT2D eigenvalue weighted by Crippen LogP contribution is 2.43. The van der Waals surface area contributed by atoms with E-state index in [2.05, 4.69) is 4.98 Å². The lowest BCUT2D eigenvalue weighted by Crippen LogP contribution is -2.25. The topological polar surface area (TPSA) is 79.5 Å². The minimum Gasteiger partial charge on any atom is -0.465 e. The maximum absolute atomic E-state index is 10.8. The van der Waals surface area contributed by atoms with Crippen LogP contribution < -0.4 is 10.6 Å². The van der Waals surface area contributed by atoms with Crippen molar-refractivity contribution >= 4 is 17.6 Å². The van der Waals surface area contributed by atoms with E-state index >= 15 is 0 Å². The third kappa shape index (κ3) is 1.86. The molecule has 1 aromatic heterocycles. The van der Waals surface area contributed by atoms with Gasteiger partial charge in [-0.15, -0.1) is 0 Å². The fourth-order valence-corrected chi connectivity index (χ4v) is 1.53. The normalized spacial score (nSPS) is 15.0. The molecule has 0 unspecified atom stereocenters. The number of nitrogens with zero attached hydrogens (tertiary/aromatic N) is 2. The molecule has 0 bridgehead atoms. The van der Waals surface area contributed by atoms with E-state index in [0.29, 0.717) is 17.4 Å². The van der Waals surface area contributed by atoms with E-state index in [1.165, 1.54) is 11.9 Å². The minimum atomic E-state index is -0.983. The van der Waals surface area contributed by atoms with E-state index in [4.69, 9.17) is 10.8 Å². The maximum Gasteiger partial charge on any atom is 0.411 e. The van der Waals surface area contributed by atoms with Crippen LogP contribution in [0.25, 0.3) is 0 Å². The molecular weight excluding hydrogens is 194 g/mol. The highest BCUT2D eigenvalue weighted by atomic mass is 16.4. The Morgan fingerprint density at radius 2 is 2.27 bits per heavy atom. The van der Waals surface area contributed by atoms with Gasteiger partial charge in [-0.1, -0.05) is 0 Å². The highest BCUT2D eigenvalue weighted by Gasteiger charge is 2.29. The summed E-state index contributed by atoms with van der Waals surface area (Å²) >= 11 is 0. The fraction of sp³-hybridized carbons (Fsp3) is 0.400. The van der Waals surface area contributed by atoms with Gasteiger partial charge in [0.15, 0.2) is 0 Å². The first-order valence-electron chi connectivity index (χ1n) is 4.82. The monoisotopic (exact) mass is 207 g/mol. The standard InChI is InChI=1S/C10H13N3O2/c1-13(10(14)15)7-4-5-8(11)12-9(7)6-2-3-6/h4-6H,2-3H2,1H3,(H2,11,12)(H,14,15). The van der Waals surface area contributed by atoms with Crippen LogP contribution >= 0.6 is 0 Å². The predicted octanol–water partition coefficient (Wildman–Crippen LogP) is 1.66. The van der Waals surface area contributed by atoms with Gasteiger partial charge in [-0.3, -0.25) is 4.90 Å². The van der Waals surface area contributed by atoms with Crippen LogP contribution in [0.4, 0.5) is 16.3 Å². The van der Waals surface area contributed by atoms with Crippen LogP contribution in [0.2, 0.25) is 0 Å². The first kappa shape index (κ1) is 9.76. The summed E-state index contributed by atoms with van der Waals surface area (Å²) in [7, 11) is 1.52. The Morgan fingerprint density at radius 1 is 1.60 bits per heavy atom. The molecule has 0 radical (unpaired) electrons. The van der Waals surface area contributed by atoms with E-state index in [-0.39, 0.29) is 0 Å². The predicted molar refractivity (Wildman–Crippen MR) is 57.1 cm³/mol. The minimum absolute atomic E-state index is 0.380. The Morgan fingerprint density at radius 3 is 2.80 bits per heavy atom. The second-order valence-corrected chi connectivity index (χ2v) is 3.76. The van der Waals surface area contributed by atoms with Gasteiger partial charge >= 0.3 is 6.09 Å². The number of nitrogens with two attached hydrogens (primary N) is 1. The second kappa shape index (κ2) is 3.42. The van der Waals surface area contributed by atoms with E-state index < -0.39 is 6.09 Å². The summed E-state index contributed by atoms with van der Waals surface area (Å²) in [6, 6.07) is 3.34. The summed E-state index contributed by atoms with van der Waals surface area (Å²) in [6.07, 6.45) is 1.15. The van der Waals surface area contributed by atoms with Gasteiger partial charge in [0.1, 0.15) is 5.82 Å². The van der Waals surface area contributed by atoms with Gasteiger partial charge in [0.25, 0.3) is 0 Å². The Bertz CT molecular complexity index is 402. The molecule has 5 nitrogen and oxygen atoms in total. The molecule has 15 heavy (non-hydrogen) atoms. The summed E-state index contributed by atoms with van der Waals surface area (Å²) in [4.78, 5) is 16.2. The summed E-state index contributed by atoms with van der Waals surface area (Å²) in [6.45, 7) is 0. The molecule has 0 spiro atoms. The smallest absolute Gasteiger partial charge is 0.411 e. The number of carbonyl (C=O) groups is 1. The van der Waals surface area contributed by atoms with E-state index in [0.717, 1.165) is 18.5 Å². The molecule has 0 aromatic carbocycles. The molecule has 5 heteroatoms. The molecule has 80 valence electrons. The first-order valence-corrected chi connectivity index (χ1v) is 4.82. The largest absolute Gasteiger partial charge is 0.465 e. The van der Waals surface area contributed by atoms with Gasteiger partial charge in [-0.05, 0) is 25.0 Å². The Labute approximate surface area is 87.5 Å². The van der Waals surface area contributed by atoms with Gasteiger partial charge in [0, 0.05) is 13.0 Å². The van der Waals surface area contributed by atoms with Crippen molar-refractivity contribution < 1.29 is 9.90 Å². The number of carboxylic acid groups (broad SMARTS) is 1. The summed E-state index contributed by atoms with van der Waals surface area (Å²) < 4.78 is 0. The van der Waals surface area contributed by atoms with Gasteiger partial charge in [-0.25, -0.2) is 9.78 Å². The lowest BCUT2D eigenvalue weighted by molar-refractivity contribution is 0.203. The van der Waals surface area contributed by atoms with Crippen molar-refractivity contribution in [2.24, 2.45) is 0 Å². The fourth-order valence-electron chi connectivity index (χ4n) is 1.53. The number of amides is 1. The van der Waals surface area contributed by atoms with Gasteiger partial charge < -0.3 is 10.8 Å². The van der Waals surface area contributed by atoms with Crippen molar-refractivity contribution in [3.05, 3.63) is 17.8 Å². The molecule has 0 atom stereocenters. The Balaban J connectivity index is 2.40. The summed E-state index contributed by atoms with van der Waals surface area (Å²) in [5.41, 5.74) is 7.04. The van der Waals surface area contributed by atoms with Crippen molar-refractivity contribution in [3.8, 4) is 0 Å². The number of rotatable bonds is 2. The van der Waals surface area contributed by atoms with Crippen molar-refractivity contribution in [2.75, 3.05) is 17.7 Å². The molecule has 1 aliphatic carbocycles. The van der Waals surface area contributed by atoms with E-state index in [9.17, 15) is 4.79 Å². The molecule has 2 rings (SSSR count). The van der Waals surface area contributed by atoms with Gasteiger partial charge in [0.2, 0.25) is 0 Å². The molecule has 0 saturated heterocycles. The molecule has 1 amide bonds. The molecule has 1 fully saturated rings. The maximum atomic E-state index is 10.8. The van der Waals surface area contributed by atoms with Crippen molar-refractivity contribution in [2.45, 2.75) is 18.8 Å². The van der Waals surface area contributed by atoms with E-state index in [1.54, 1.807) is 12.1 Å². The average Bonchev–Trinajstić information content (AvgIpc) is 2.99. The summed E-state index contributed by atoms with van der Waals surface area (Å²) in [5.74, 6) is 0.824. The first-order chi connectivity index (χ1) is 7.09. The number of nitrogen functional groups attached to an aromatic ring is 1. The van der Waals surface area contributed by atoms with Crippen molar-refractivity contribution in [1.29, 1.82) is 0 Å². The van der Waals surface area contributed by atoms with Crippen LogP contribution in [0.5, 0.6) is 0 Å². The number of pyridine rings is 1. The quantitative estimate of drug-likeness (QED) is 0.772. The number of hydrogen-bond donors (Lipinski definition) is 2. The van der Waals surface area contributed by atoms with Gasteiger partial charge in [0.05, 0.1) is 11.4 Å². The molecule has 1 aromatic rings. The summed E-state index contributed by atoms with van der Waals surface area (Å²) in [5, 5.41) is 8.90.